The van der Waals surface area contributed by atoms with Gasteiger partial charge in [-0.3, -0.25) is 0 Å². The maximum absolute atomic E-state index is 13.0. The van der Waals surface area contributed by atoms with E-state index in [9.17, 15) is 12.8 Å². The molecule has 0 saturated carbocycles. The van der Waals surface area contributed by atoms with Crippen molar-refractivity contribution >= 4 is 10.0 Å². The van der Waals surface area contributed by atoms with E-state index in [2.05, 4.69) is 4.72 Å². The number of methoxy groups -OCH3 is 1. The number of aryl methyl sites for hydroxylation is 1. The second kappa shape index (κ2) is 6.09. The Morgan fingerprint density at radius 1 is 1.41 bits per heavy atom. The predicted molar refractivity (Wildman–Crippen MR) is 62.8 cm³/mol. The van der Waals surface area contributed by atoms with Crippen molar-refractivity contribution in [2.45, 2.75) is 18.2 Å². The van der Waals surface area contributed by atoms with Gasteiger partial charge < -0.3 is 4.74 Å². The summed E-state index contributed by atoms with van der Waals surface area (Å²) in [4.78, 5) is 0.0776. The Morgan fingerprint density at radius 3 is 2.71 bits per heavy atom. The fourth-order valence-corrected chi connectivity index (χ4v) is 2.45. The summed E-state index contributed by atoms with van der Waals surface area (Å²) >= 11 is 0. The van der Waals surface area contributed by atoms with Gasteiger partial charge in [0.15, 0.2) is 0 Å². The van der Waals surface area contributed by atoms with Crippen LogP contribution in [0, 0.1) is 12.7 Å². The first-order chi connectivity index (χ1) is 7.97. The highest BCUT2D eigenvalue weighted by molar-refractivity contribution is 7.89. The van der Waals surface area contributed by atoms with E-state index in [1.165, 1.54) is 19.1 Å². The number of hydrogen-bond acceptors (Lipinski definition) is 3. The van der Waals surface area contributed by atoms with Crippen LogP contribution in [-0.4, -0.2) is 28.7 Å². The zero-order valence-electron chi connectivity index (χ0n) is 9.86. The van der Waals surface area contributed by atoms with Crippen molar-refractivity contribution in [2.75, 3.05) is 20.3 Å². The van der Waals surface area contributed by atoms with Gasteiger partial charge in [-0.25, -0.2) is 17.5 Å². The molecule has 0 aliphatic carbocycles. The second-order valence-electron chi connectivity index (χ2n) is 3.66. The van der Waals surface area contributed by atoms with Gasteiger partial charge in [-0.15, -0.1) is 0 Å². The van der Waals surface area contributed by atoms with Crippen molar-refractivity contribution in [1.29, 1.82) is 0 Å². The van der Waals surface area contributed by atoms with E-state index in [0.29, 0.717) is 25.1 Å². The maximum Gasteiger partial charge on any atom is 0.240 e. The minimum absolute atomic E-state index is 0.0776. The highest BCUT2D eigenvalue weighted by atomic mass is 32.2. The average molecular weight is 261 g/mol. The molecule has 0 radical (unpaired) electrons. The number of sulfonamides is 1. The van der Waals surface area contributed by atoms with Gasteiger partial charge in [-0.1, -0.05) is 0 Å². The van der Waals surface area contributed by atoms with Gasteiger partial charge >= 0.3 is 0 Å². The van der Waals surface area contributed by atoms with E-state index < -0.39 is 15.8 Å². The summed E-state index contributed by atoms with van der Waals surface area (Å²) in [6, 6.07) is 3.72. The molecule has 0 amide bonds. The third-order valence-electron chi connectivity index (χ3n) is 2.26. The predicted octanol–water partition coefficient (Wildman–Crippen LogP) is 1.45. The molecular weight excluding hydrogens is 245 g/mol. The van der Waals surface area contributed by atoms with Gasteiger partial charge in [-0.2, -0.15) is 0 Å². The van der Waals surface area contributed by atoms with E-state index in [-0.39, 0.29) is 4.90 Å². The molecule has 0 bridgehead atoms. The molecule has 0 unspecified atom stereocenters. The normalized spacial score (nSPS) is 11.7. The van der Waals surface area contributed by atoms with Crippen LogP contribution in [0.15, 0.2) is 23.1 Å². The Labute approximate surface area is 101 Å². The smallest absolute Gasteiger partial charge is 0.240 e. The zero-order valence-corrected chi connectivity index (χ0v) is 10.7. The van der Waals surface area contributed by atoms with E-state index >= 15 is 0 Å². The van der Waals surface area contributed by atoms with Gasteiger partial charge in [0.25, 0.3) is 0 Å². The van der Waals surface area contributed by atoms with E-state index in [1.54, 1.807) is 7.11 Å². The summed E-state index contributed by atoms with van der Waals surface area (Å²) < 4.78 is 43.8. The molecule has 1 aromatic rings. The molecule has 0 heterocycles. The molecule has 0 aliphatic rings. The molecule has 6 heteroatoms. The molecule has 0 spiro atoms. The molecular formula is C11H16FNO3S. The Kier molecular flexibility index (Phi) is 5.04. The maximum atomic E-state index is 13.0. The van der Waals surface area contributed by atoms with Crippen LogP contribution in [-0.2, 0) is 14.8 Å². The van der Waals surface area contributed by atoms with Crippen LogP contribution in [0.25, 0.3) is 0 Å². The first kappa shape index (κ1) is 14.1. The van der Waals surface area contributed by atoms with Gasteiger partial charge in [0.2, 0.25) is 10.0 Å². The lowest BCUT2D eigenvalue weighted by molar-refractivity contribution is 0.196. The van der Waals surface area contributed by atoms with Crippen LogP contribution in [0.1, 0.15) is 12.0 Å². The first-order valence-electron chi connectivity index (χ1n) is 5.22. The van der Waals surface area contributed by atoms with Crippen molar-refractivity contribution in [3.05, 3.63) is 29.6 Å². The quantitative estimate of drug-likeness (QED) is 0.789. The molecule has 1 aromatic carbocycles. The number of halogens is 1. The van der Waals surface area contributed by atoms with Gasteiger partial charge in [0.1, 0.15) is 5.82 Å². The van der Waals surface area contributed by atoms with E-state index in [1.807, 2.05) is 0 Å². The topological polar surface area (TPSA) is 55.4 Å². The lowest BCUT2D eigenvalue weighted by Crippen LogP contribution is -2.25. The summed E-state index contributed by atoms with van der Waals surface area (Å²) in [5.74, 6) is -0.414. The summed E-state index contributed by atoms with van der Waals surface area (Å²) in [6.07, 6.45) is 0.593. The van der Waals surface area contributed by atoms with Crippen molar-refractivity contribution in [1.82, 2.24) is 4.72 Å². The molecule has 0 atom stereocenters. The highest BCUT2D eigenvalue weighted by Crippen LogP contribution is 2.13. The molecule has 4 nitrogen and oxygen atoms in total. The summed E-state index contributed by atoms with van der Waals surface area (Å²) in [5, 5.41) is 0. The molecule has 0 fully saturated rings. The van der Waals surface area contributed by atoms with Crippen molar-refractivity contribution < 1.29 is 17.5 Å². The highest BCUT2D eigenvalue weighted by Gasteiger charge is 2.14. The zero-order chi connectivity index (χ0) is 12.9. The van der Waals surface area contributed by atoms with E-state index in [4.69, 9.17) is 4.74 Å². The average Bonchev–Trinajstić information content (AvgIpc) is 2.28. The van der Waals surface area contributed by atoms with Crippen molar-refractivity contribution in [3.63, 3.8) is 0 Å². The number of hydrogen-bond donors (Lipinski definition) is 1. The molecule has 0 aromatic heterocycles. The molecule has 0 aliphatic heterocycles. The largest absolute Gasteiger partial charge is 0.385 e. The Balaban J connectivity index is 2.72. The SMILES string of the molecule is COCCCNS(=O)(=O)c1ccc(F)c(C)c1. The standard InChI is InChI=1S/C11H16FNO3S/c1-9-8-10(4-5-11(9)12)17(14,15)13-6-3-7-16-2/h4-5,8,13H,3,6-7H2,1-2H3. The monoisotopic (exact) mass is 261 g/mol. The third kappa shape index (κ3) is 4.07. The minimum Gasteiger partial charge on any atom is -0.385 e. The minimum atomic E-state index is -3.55. The summed E-state index contributed by atoms with van der Waals surface area (Å²) in [5.41, 5.74) is 0.310. The molecule has 17 heavy (non-hydrogen) atoms. The van der Waals surface area contributed by atoms with Gasteiger partial charge in [-0.05, 0) is 37.1 Å². The number of nitrogens with one attached hydrogen (secondary N) is 1. The Hall–Kier alpha value is -0.980. The third-order valence-corrected chi connectivity index (χ3v) is 3.72. The second-order valence-corrected chi connectivity index (χ2v) is 5.42. The Morgan fingerprint density at radius 2 is 2.12 bits per heavy atom. The lowest BCUT2D eigenvalue weighted by Gasteiger charge is -2.07. The van der Waals surface area contributed by atoms with Crippen LogP contribution in [0.5, 0.6) is 0 Å². The van der Waals surface area contributed by atoms with Gasteiger partial charge in [0, 0.05) is 20.3 Å². The van der Waals surface area contributed by atoms with E-state index in [0.717, 1.165) is 6.07 Å². The molecule has 1 N–H and O–H groups in total. The number of ether oxygens (including phenoxy) is 1. The Bertz CT molecular complexity index is 474. The fourth-order valence-electron chi connectivity index (χ4n) is 1.29. The first-order valence-corrected chi connectivity index (χ1v) is 6.70. The van der Waals surface area contributed by atoms with Crippen LogP contribution in [0.4, 0.5) is 4.39 Å². The summed E-state index contributed by atoms with van der Waals surface area (Å²) in [7, 11) is -2.00. The number of benzene rings is 1. The molecule has 0 saturated heterocycles. The van der Waals surface area contributed by atoms with Crippen molar-refractivity contribution in [2.24, 2.45) is 0 Å². The number of rotatable bonds is 6. The van der Waals surface area contributed by atoms with Crippen LogP contribution < -0.4 is 4.72 Å². The van der Waals surface area contributed by atoms with Crippen molar-refractivity contribution in [3.8, 4) is 0 Å². The van der Waals surface area contributed by atoms with Crippen LogP contribution in [0.2, 0.25) is 0 Å². The molecule has 96 valence electrons. The summed E-state index contributed by atoms with van der Waals surface area (Å²) in [6.45, 7) is 2.32. The van der Waals surface area contributed by atoms with Gasteiger partial charge in [0.05, 0.1) is 4.90 Å². The molecule has 1 rings (SSSR count). The van der Waals surface area contributed by atoms with Crippen LogP contribution in [0.3, 0.4) is 0 Å². The fraction of sp³-hybridized carbons (Fsp3) is 0.455. The van der Waals surface area contributed by atoms with Crippen LogP contribution >= 0.6 is 0 Å². The lowest BCUT2D eigenvalue weighted by atomic mass is 10.2.